The lowest BCUT2D eigenvalue weighted by Gasteiger charge is -2.32. The van der Waals surface area contributed by atoms with Gasteiger partial charge in [0.25, 0.3) is 5.91 Å². The van der Waals surface area contributed by atoms with E-state index in [1.54, 1.807) is 137 Å². The number of aliphatic hydroxyl groups excluding tert-OH is 1. The van der Waals surface area contributed by atoms with Crippen LogP contribution < -0.4 is 37.2 Å². The summed E-state index contributed by atoms with van der Waals surface area (Å²) in [6, 6.07) is 14.3. The number of halogens is 1. The average Bonchev–Trinajstić information content (AvgIpc) is 3.74. The van der Waals surface area contributed by atoms with Crippen LogP contribution in [0.2, 0.25) is 5.02 Å². The fourth-order valence-corrected chi connectivity index (χ4v) is 7.36. The number of nitrogens with zero attached hydrogens (tertiary/aromatic N) is 1. The van der Waals surface area contributed by atoms with Crippen molar-refractivity contribution < 1.29 is 57.3 Å². The van der Waals surface area contributed by atoms with Crippen LogP contribution in [0.4, 0.5) is 9.59 Å². The van der Waals surface area contributed by atoms with Crippen LogP contribution in [0.3, 0.4) is 0 Å². The Balaban J connectivity index is 1.52. The average molecular weight is 1050 g/mol. The number of amides is 7. The number of oxazole rings is 1. The second-order valence-corrected chi connectivity index (χ2v) is 21.3. The molecule has 3 aromatic carbocycles. The molecule has 0 saturated heterocycles. The molecule has 20 nitrogen and oxygen atoms in total. The molecule has 0 aliphatic heterocycles. The van der Waals surface area contributed by atoms with Gasteiger partial charge in [-0.05, 0) is 150 Å². The van der Waals surface area contributed by atoms with E-state index in [0.29, 0.717) is 29.0 Å². The van der Waals surface area contributed by atoms with Crippen LogP contribution >= 0.6 is 11.6 Å². The molecule has 7 atom stereocenters. The maximum absolute atomic E-state index is 14.3. The Hall–Kier alpha value is -6.77. The number of nitrogens with one attached hydrogen (secondary N) is 7. The number of ether oxygens (including phenoxy) is 3. The van der Waals surface area contributed by atoms with Crippen molar-refractivity contribution in [2.24, 2.45) is 0 Å². The standard InChI is InChI=1S/C53H73ClN8O12/c1-30(42(63)48-61-37-17-13-14-19-40(37)71-48)57-45(66)38(18-15-16-28-55-49(69)73-52(7,8)9)59-43(64)31(2)58-47(68)41(32(3)72-51(4,5)6)62-46(67)39(29-56-50(70)74-53(10,11)12)60-44(65)35-22-20-33(21-23-35)34-24-26-36(54)27-25-34/h13-14,17,19-27,30-32,38-39,41-42,63H,15-16,18,28-29H2,1-12H3,(H,55,69)(H,56,70)(H,57,66)(H,58,68)(H,59,64)(H,60,65)(H,62,67)/t30-,31-,32+,38-,39-,41-,42?/m0/s1. The SMILES string of the molecule is C[C@H](NC(=O)[C@@H](NC(=O)[C@H](CNC(=O)OC(C)(C)C)NC(=O)c1ccc(-c2ccc(Cl)cc2)cc1)[C@@H](C)OC(C)(C)C)C(=O)N[C@@H](CCCCNC(=O)OC(C)(C)C)C(=O)N[C@@H](C)C(O)c1nc2ccccc2o1. The molecular weight excluding hydrogens is 976 g/mol. The van der Waals surface area contributed by atoms with Gasteiger partial charge < -0.3 is 61.0 Å². The van der Waals surface area contributed by atoms with Gasteiger partial charge in [0.05, 0.1) is 24.3 Å². The molecule has 0 aliphatic carbocycles. The van der Waals surface area contributed by atoms with Crippen molar-refractivity contribution in [3.63, 3.8) is 0 Å². The van der Waals surface area contributed by atoms with Gasteiger partial charge in [-0.1, -0.05) is 48.0 Å². The van der Waals surface area contributed by atoms with Gasteiger partial charge in [0.15, 0.2) is 5.58 Å². The Morgan fingerprint density at radius 2 is 1.20 bits per heavy atom. The Bertz CT molecular complexity index is 2520. The topological polar surface area (TPSA) is 278 Å². The lowest BCUT2D eigenvalue weighted by molar-refractivity contribution is -0.139. The molecule has 21 heteroatoms. The van der Waals surface area contributed by atoms with Gasteiger partial charge in [0.1, 0.15) is 47.0 Å². The molecule has 404 valence electrons. The zero-order chi connectivity index (χ0) is 55.1. The first-order valence-corrected chi connectivity index (χ1v) is 24.9. The lowest BCUT2D eigenvalue weighted by Crippen LogP contribution is -2.62. The number of para-hydroxylation sites is 2. The maximum Gasteiger partial charge on any atom is 0.407 e. The van der Waals surface area contributed by atoms with Crippen molar-refractivity contribution in [3.05, 3.63) is 89.3 Å². The molecule has 0 saturated carbocycles. The summed E-state index contributed by atoms with van der Waals surface area (Å²) >= 11 is 6.05. The van der Waals surface area contributed by atoms with E-state index in [0.717, 1.165) is 11.1 Å². The number of carbonyl (C=O) groups excluding carboxylic acids is 7. The van der Waals surface area contributed by atoms with Gasteiger partial charge in [-0.2, -0.15) is 0 Å². The van der Waals surface area contributed by atoms with Gasteiger partial charge in [0, 0.05) is 17.1 Å². The van der Waals surface area contributed by atoms with Crippen molar-refractivity contribution in [1.29, 1.82) is 0 Å². The zero-order valence-corrected chi connectivity index (χ0v) is 45.0. The molecule has 0 radical (unpaired) electrons. The Morgan fingerprint density at radius 3 is 1.78 bits per heavy atom. The van der Waals surface area contributed by atoms with Crippen LogP contribution in [0.15, 0.2) is 77.2 Å². The molecule has 0 bridgehead atoms. The van der Waals surface area contributed by atoms with Gasteiger partial charge in [0.2, 0.25) is 29.5 Å². The quantitative estimate of drug-likeness (QED) is 0.0397. The van der Waals surface area contributed by atoms with E-state index < -0.39 is 107 Å². The molecule has 0 aliphatic rings. The fourth-order valence-electron chi connectivity index (χ4n) is 7.23. The van der Waals surface area contributed by atoms with Gasteiger partial charge in [-0.25, -0.2) is 14.6 Å². The molecule has 8 N–H and O–H groups in total. The molecule has 74 heavy (non-hydrogen) atoms. The Labute approximate surface area is 437 Å². The number of hydrogen-bond donors (Lipinski definition) is 8. The van der Waals surface area contributed by atoms with Gasteiger partial charge in [-0.3, -0.25) is 24.0 Å². The molecule has 0 fully saturated rings. The normalized spacial score (nSPS) is 14.7. The first-order chi connectivity index (χ1) is 34.5. The van der Waals surface area contributed by atoms with Crippen LogP contribution in [0.1, 0.15) is 125 Å². The minimum absolute atomic E-state index is 0.0241. The van der Waals surface area contributed by atoms with Crippen LogP contribution in [0.25, 0.3) is 22.2 Å². The third kappa shape index (κ3) is 19.9. The highest BCUT2D eigenvalue weighted by atomic mass is 35.5. The van der Waals surface area contributed by atoms with Gasteiger partial charge in [-0.15, -0.1) is 0 Å². The number of alkyl carbamates (subject to hydrolysis) is 2. The summed E-state index contributed by atoms with van der Waals surface area (Å²) < 4.78 is 22.5. The lowest BCUT2D eigenvalue weighted by atomic mass is 10.0. The van der Waals surface area contributed by atoms with E-state index in [2.05, 4.69) is 42.2 Å². The molecule has 1 aromatic heterocycles. The zero-order valence-electron chi connectivity index (χ0n) is 44.3. The third-order valence-electron chi connectivity index (χ3n) is 10.8. The molecule has 4 rings (SSSR count). The number of carbonyl (C=O) groups is 7. The van der Waals surface area contributed by atoms with Crippen molar-refractivity contribution in [1.82, 2.24) is 42.2 Å². The van der Waals surface area contributed by atoms with E-state index in [1.165, 1.54) is 6.92 Å². The number of benzene rings is 3. The first kappa shape index (κ1) is 59.8. The monoisotopic (exact) mass is 1050 g/mol. The van der Waals surface area contributed by atoms with E-state index in [1.807, 2.05) is 12.1 Å². The van der Waals surface area contributed by atoms with Gasteiger partial charge >= 0.3 is 12.2 Å². The second kappa shape index (κ2) is 26.4. The van der Waals surface area contributed by atoms with E-state index in [-0.39, 0.29) is 24.4 Å². The van der Waals surface area contributed by atoms with E-state index in [9.17, 15) is 38.7 Å². The molecular formula is C53H73ClN8O12. The minimum Gasteiger partial charge on any atom is -0.444 e. The van der Waals surface area contributed by atoms with Crippen LogP contribution in [0.5, 0.6) is 0 Å². The number of rotatable bonds is 22. The largest absolute Gasteiger partial charge is 0.444 e. The third-order valence-corrected chi connectivity index (χ3v) is 11.0. The summed E-state index contributed by atoms with van der Waals surface area (Å²) in [4.78, 5) is 99.4. The summed E-state index contributed by atoms with van der Waals surface area (Å²) in [5.41, 5.74) is 0.376. The number of aromatic nitrogens is 1. The van der Waals surface area contributed by atoms with Crippen molar-refractivity contribution in [2.75, 3.05) is 13.1 Å². The van der Waals surface area contributed by atoms with Crippen LogP contribution in [0, 0.1) is 0 Å². The number of aliphatic hydroxyl groups is 1. The highest BCUT2D eigenvalue weighted by Gasteiger charge is 2.36. The van der Waals surface area contributed by atoms with E-state index >= 15 is 0 Å². The Morgan fingerprint density at radius 1 is 0.635 bits per heavy atom. The van der Waals surface area contributed by atoms with E-state index in [4.69, 9.17) is 30.2 Å². The predicted molar refractivity (Wildman–Crippen MR) is 279 cm³/mol. The van der Waals surface area contributed by atoms with Crippen LogP contribution in [-0.2, 0) is 33.4 Å². The molecule has 1 heterocycles. The number of unbranched alkanes of at least 4 members (excludes halogenated alkanes) is 1. The fraction of sp³-hybridized carbons (Fsp3) is 0.509. The maximum atomic E-state index is 14.3. The summed E-state index contributed by atoms with van der Waals surface area (Å²) in [5.74, 6) is -3.88. The molecule has 4 aromatic rings. The number of fused-ring (bicyclic) bond motifs is 1. The van der Waals surface area contributed by atoms with Crippen molar-refractivity contribution in [2.45, 2.75) is 162 Å². The van der Waals surface area contributed by atoms with Crippen molar-refractivity contribution >= 4 is 64.4 Å². The first-order valence-electron chi connectivity index (χ1n) is 24.5. The minimum atomic E-state index is -1.48. The summed E-state index contributed by atoms with van der Waals surface area (Å²) in [6.07, 6.45) is -3.08. The summed E-state index contributed by atoms with van der Waals surface area (Å²) in [7, 11) is 0. The summed E-state index contributed by atoms with van der Waals surface area (Å²) in [5, 5.41) is 30.2. The second-order valence-electron chi connectivity index (χ2n) is 20.9. The molecule has 0 spiro atoms. The van der Waals surface area contributed by atoms with Crippen LogP contribution in [-0.4, -0.2) is 118 Å². The smallest absolute Gasteiger partial charge is 0.407 e. The summed E-state index contributed by atoms with van der Waals surface area (Å²) in [6.45, 7) is 19.6. The Kier molecular flexibility index (Phi) is 21.4. The molecule has 7 amide bonds. The molecule has 1 unspecified atom stereocenters. The highest BCUT2D eigenvalue weighted by Crippen LogP contribution is 2.24. The predicted octanol–water partition coefficient (Wildman–Crippen LogP) is 6.38. The number of hydrogen-bond acceptors (Lipinski definition) is 13. The highest BCUT2D eigenvalue weighted by molar-refractivity contribution is 6.30. The van der Waals surface area contributed by atoms with Crippen molar-refractivity contribution in [3.8, 4) is 11.1 Å².